The maximum atomic E-state index is 11.9. The summed E-state index contributed by atoms with van der Waals surface area (Å²) in [6, 6.07) is 4.86. The Morgan fingerprint density at radius 2 is 1.53 bits per heavy atom. The second kappa shape index (κ2) is 8.71. The van der Waals surface area contributed by atoms with E-state index in [0.717, 1.165) is 11.8 Å². The first kappa shape index (κ1) is 27.3. The minimum absolute atomic E-state index is 0. The number of hydrogen-bond donors (Lipinski definition) is 3. The van der Waals surface area contributed by atoms with Crippen molar-refractivity contribution < 1.29 is 74.5 Å². The Morgan fingerprint density at radius 1 is 0.938 bits per heavy atom. The van der Waals surface area contributed by atoms with E-state index in [-0.39, 0.29) is 54.7 Å². The van der Waals surface area contributed by atoms with E-state index in [4.69, 9.17) is 4.55 Å². The van der Waals surface area contributed by atoms with Crippen LogP contribution in [-0.2, 0) is 35.8 Å². The molecule has 0 radical (unpaired) electrons. The minimum atomic E-state index is -4.81. The Balaban J connectivity index is 0.00000272. The molecule has 0 aliphatic carbocycles. The Bertz CT molecular complexity index is 1470. The van der Waals surface area contributed by atoms with Crippen LogP contribution in [0.25, 0.3) is 10.8 Å². The van der Waals surface area contributed by atoms with Gasteiger partial charge in [0.05, 0.1) is 16.1 Å². The average Bonchev–Trinajstić information content (AvgIpc) is 2.78. The van der Waals surface area contributed by atoms with Crippen LogP contribution in [0, 0.1) is 0 Å². The molecule has 32 heavy (non-hydrogen) atoms. The maximum absolute atomic E-state index is 11.9. The fraction of sp³-hybridized carbons (Fsp3) is 0.389. The SMILES string of the molecule is CC1=[N+](CCCS(=O)(=O)O)c2ccc3c(S(=O)(=O)O)cc(S(=O)(=O)O)cc3c2C1(C)C.[H-].[Na+]. The topological polar surface area (TPSA) is 166 Å². The normalized spacial score (nSPS) is 16.2. The van der Waals surface area contributed by atoms with Crippen LogP contribution in [0.2, 0.25) is 0 Å². The summed E-state index contributed by atoms with van der Waals surface area (Å²) >= 11 is 0. The van der Waals surface area contributed by atoms with E-state index in [1.165, 1.54) is 6.07 Å². The molecule has 0 unspecified atom stereocenters. The molecule has 172 valence electrons. The molecule has 0 saturated heterocycles. The standard InChI is InChI=1S/C18H21NO9S3.Na.H/c1-11-18(2,3)17-14-9-12(30(23,24)25)10-16(31(26,27)28)13(14)5-6-15(17)19(11)7-4-8-29(20,21)22;;/h5-6,9-10H,4,7-8H2,1-3H3,(H2-,20,21,22,23,24,25,26,27,28);;/q;+1;-1/p+1. The van der Waals surface area contributed by atoms with Gasteiger partial charge in [0.25, 0.3) is 30.4 Å². The van der Waals surface area contributed by atoms with Crippen molar-refractivity contribution in [3.8, 4) is 0 Å². The van der Waals surface area contributed by atoms with E-state index < -0.39 is 51.3 Å². The van der Waals surface area contributed by atoms with Crippen molar-refractivity contribution in [3.05, 3.63) is 29.8 Å². The minimum Gasteiger partial charge on any atom is -1.00 e. The molecular formula is C18H23NNaO9S3+. The fourth-order valence-electron chi connectivity index (χ4n) is 4.00. The number of hydrogen-bond acceptors (Lipinski definition) is 6. The van der Waals surface area contributed by atoms with Crippen LogP contribution >= 0.6 is 0 Å². The van der Waals surface area contributed by atoms with Gasteiger partial charge in [0, 0.05) is 30.4 Å². The maximum Gasteiger partial charge on any atom is 1.00 e. The third kappa shape index (κ3) is 5.10. The molecule has 10 nitrogen and oxygen atoms in total. The van der Waals surface area contributed by atoms with Crippen LogP contribution in [0.4, 0.5) is 5.69 Å². The number of rotatable bonds is 6. The molecule has 1 heterocycles. The van der Waals surface area contributed by atoms with E-state index in [1.54, 1.807) is 13.0 Å². The first-order valence-corrected chi connectivity index (χ1v) is 13.6. The van der Waals surface area contributed by atoms with Crippen LogP contribution in [-0.4, -0.2) is 61.5 Å². The van der Waals surface area contributed by atoms with Crippen molar-refractivity contribution in [2.75, 3.05) is 12.3 Å². The molecule has 3 rings (SSSR count). The first-order chi connectivity index (χ1) is 13.9. The summed E-state index contributed by atoms with van der Waals surface area (Å²) in [5.41, 5.74) is 1.22. The Morgan fingerprint density at radius 3 is 2.03 bits per heavy atom. The van der Waals surface area contributed by atoms with Crippen molar-refractivity contribution in [3.63, 3.8) is 0 Å². The average molecular weight is 517 g/mol. The number of nitrogens with zero attached hydrogens (tertiary/aromatic N) is 1. The quantitative estimate of drug-likeness (QED) is 0.251. The summed E-state index contributed by atoms with van der Waals surface area (Å²) in [6.45, 7) is 5.69. The van der Waals surface area contributed by atoms with Gasteiger partial charge in [0.2, 0.25) is 5.69 Å². The Kier molecular flexibility index (Phi) is 7.44. The summed E-state index contributed by atoms with van der Waals surface area (Å²) in [6.07, 6.45) is 0.116. The molecule has 14 heteroatoms. The van der Waals surface area contributed by atoms with Crippen molar-refractivity contribution in [2.24, 2.45) is 0 Å². The molecule has 1 aliphatic heterocycles. The molecule has 0 aromatic heterocycles. The molecule has 3 N–H and O–H groups in total. The second-order valence-electron chi connectivity index (χ2n) is 7.93. The summed E-state index contributed by atoms with van der Waals surface area (Å²) in [7, 11) is -13.7. The molecule has 0 atom stereocenters. The van der Waals surface area contributed by atoms with Gasteiger partial charge in [-0.25, -0.2) is 0 Å². The molecular weight excluding hydrogens is 493 g/mol. The summed E-state index contributed by atoms with van der Waals surface area (Å²) in [5.74, 6) is -0.445. The zero-order chi connectivity index (χ0) is 23.6. The largest absolute Gasteiger partial charge is 1.00 e. The molecule has 2 aromatic rings. The van der Waals surface area contributed by atoms with E-state index in [1.807, 2.05) is 18.4 Å². The third-order valence-electron chi connectivity index (χ3n) is 5.63. The zero-order valence-electron chi connectivity index (χ0n) is 18.9. The molecule has 0 saturated carbocycles. The summed E-state index contributed by atoms with van der Waals surface area (Å²) in [4.78, 5) is -1.34. The summed E-state index contributed by atoms with van der Waals surface area (Å²) < 4.78 is 99.5. The van der Waals surface area contributed by atoms with E-state index >= 15 is 0 Å². The summed E-state index contributed by atoms with van der Waals surface area (Å²) in [5, 5.41) is 0.288. The van der Waals surface area contributed by atoms with Gasteiger partial charge in [-0.2, -0.15) is 29.8 Å². The van der Waals surface area contributed by atoms with Gasteiger partial charge in [0.15, 0.2) is 5.71 Å². The fourth-order valence-corrected chi connectivity index (χ4v) is 5.83. The second-order valence-corrected chi connectivity index (χ2v) is 12.3. The van der Waals surface area contributed by atoms with Crippen molar-refractivity contribution in [2.45, 2.75) is 42.4 Å². The smallest absolute Gasteiger partial charge is 1.00 e. The van der Waals surface area contributed by atoms with Crippen LogP contribution in [0.1, 0.15) is 34.2 Å². The molecule has 0 bridgehead atoms. The Hall–Kier alpha value is -0.900. The number of benzene rings is 2. The monoisotopic (exact) mass is 516 g/mol. The van der Waals surface area contributed by atoms with Gasteiger partial charge in [0.1, 0.15) is 11.4 Å². The molecule has 0 spiro atoms. The van der Waals surface area contributed by atoms with Crippen molar-refractivity contribution >= 4 is 52.5 Å². The van der Waals surface area contributed by atoms with E-state index in [0.29, 0.717) is 17.3 Å². The van der Waals surface area contributed by atoms with Crippen LogP contribution < -0.4 is 29.6 Å². The Labute approximate surface area is 210 Å². The van der Waals surface area contributed by atoms with E-state index in [9.17, 15) is 34.4 Å². The van der Waals surface area contributed by atoms with Crippen LogP contribution in [0.3, 0.4) is 0 Å². The molecule has 2 aromatic carbocycles. The van der Waals surface area contributed by atoms with Gasteiger partial charge in [-0.1, -0.05) is 0 Å². The van der Waals surface area contributed by atoms with Gasteiger partial charge in [-0.3, -0.25) is 13.7 Å². The van der Waals surface area contributed by atoms with Crippen molar-refractivity contribution in [1.29, 1.82) is 0 Å². The molecule has 0 amide bonds. The molecule has 0 fully saturated rings. The van der Waals surface area contributed by atoms with Gasteiger partial charge < -0.3 is 1.43 Å². The van der Waals surface area contributed by atoms with E-state index in [2.05, 4.69) is 0 Å². The van der Waals surface area contributed by atoms with Crippen molar-refractivity contribution in [1.82, 2.24) is 0 Å². The third-order valence-corrected chi connectivity index (χ3v) is 8.16. The number of fused-ring (bicyclic) bond motifs is 3. The van der Waals surface area contributed by atoms with Gasteiger partial charge in [-0.15, -0.1) is 0 Å². The zero-order valence-corrected chi connectivity index (χ0v) is 22.3. The first-order valence-electron chi connectivity index (χ1n) is 9.07. The molecule has 1 aliphatic rings. The van der Waals surface area contributed by atoms with Crippen LogP contribution in [0.15, 0.2) is 34.1 Å². The van der Waals surface area contributed by atoms with Gasteiger partial charge in [-0.05, 0) is 37.4 Å². The van der Waals surface area contributed by atoms with Gasteiger partial charge >= 0.3 is 29.6 Å². The predicted octanol–water partition coefficient (Wildman–Crippen LogP) is -0.876. The predicted molar refractivity (Wildman–Crippen MR) is 114 cm³/mol. The van der Waals surface area contributed by atoms with Crippen LogP contribution in [0.5, 0.6) is 0 Å².